The van der Waals surface area contributed by atoms with Crippen LogP contribution in [0.2, 0.25) is 0 Å². The number of ether oxygens (including phenoxy) is 2. The highest BCUT2D eigenvalue weighted by Gasteiger charge is 2.51. The molecule has 0 spiro atoms. The fourth-order valence-corrected chi connectivity index (χ4v) is 4.29. The molecule has 1 aliphatic heterocycles. The van der Waals surface area contributed by atoms with Crippen molar-refractivity contribution in [2.24, 2.45) is 0 Å². The summed E-state index contributed by atoms with van der Waals surface area (Å²) in [6, 6.07) is 1.60. The number of aromatic nitrogens is 3. The van der Waals surface area contributed by atoms with Gasteiger partial charge in [-0.15, -0.1) is 0 Å². The summed E-state index contributed by atoms with van der Waals surface area (Å²) < 4.78 is 10.7. The van der Waals surface area contributed by atoms with Crippen LogP contribution in [0.4, 0.5) is 0 Å². The van der Waals surface area contributed by atoms with Crippen LogP contribution in [-0.4, -0.2) is 45.6 Å². The smallest absolute Gasteiger partial charge is 0.146 e. The first-order valence-electron chi connectivity index (χ1n) is 7.97. The lowest BCUT2D eigenvalue weighted by molar-refractivity contribution is -0.102. The molecule has 2 fully saturated rings. The van der Waals surface area contributed by atoms with E-state index in [0.717, 1.165) is 19.3 Å². The van der Waals surface area contributed by atoms with Crippen molar-refractivity contribution in [2.45, 2.75) is 75.3 Å². The van der Waals surface area contributed by atoms with Gasteiger partial charge in [-0.25, -0.2) is 0 Å². The summed E-state index contributed by atoms with van der Waals surface area (Å²) >= 11 is 0. The summed E-state index contributed by atoms with van der Waals surface area (Å²) in [7, 11) is 1.65. The molecule has 20 heavy (non-hydrogen) atoms. The number of hydrogen-bond donors (Lipinski definition) is 1. The van der Waals surface area contributed by atoms with Gasteiger partial charge in [0.2, 0.25) is 0 Å². The van der Waals surface area contributed by atoms with E-state index in [1.54, 1.807) is 7.11 Å². The van der Waals surface area contributed by atoms with E-state index in [1.165, 1.54) is 25.7 Å². The summed E-state index contributed by atoms with van der Waals surface area (Å²) in [6.45, 7) is 0.353. The Balaban J connectivity index is 1.45. The van der Waals surface area contributed by atoms with Crippen molar-refractivity contribution < 1.29 is 14.6 Å². The molecule has 5 atom stereocenters. The van der Waals surface area contributed by atoms with Crippen LogP contribution in [0.3, 0.4) is 0 Å². The molecule has 0 amide bonds. The van der Waals surface area contributed by atoms with Gasteiger partial charge in [-0.1, -0.05) is 12.8 Å². The third-order valence-electron chi connectivity index (χ3n) is 5.34. The van der Waals surface area contributed by atoms with Crippen LogP contribution in [0.1, 0.15) is 63.1 Å². The van der Waals surface area contributed by atoms with Crippen LogP contribution < -0.4 is 0 Å². The highest BCUT2D eigenvalue weighted by molar-refractivity contribution is 4.98. The standard InChI is InChI=1S/C14H25N3O3/c1-19-9-20-10-6-7-14(18)13(8-10)17-15-11-4-2-3-5-12(11)16(15)17/h10-14,18H,2-9H2,1H3. The van der Waals surface area contributed by atoms with Crippen molar-refractivity contribution in [2.75, 3.05) is 13.9 Å². The number of rotatable bonds is 4. The van der Waals surface area contributed by atoms with E-state index in [0.29, 0.717) is 18.9 Å². The fourth-order valence-electron chi connectivity index (χ4n) is 4.29. The lowest BCUT2D eigenvalue weighted by Crippen LogP contribution is -2.34. The van der Waals surface area contributed by atoms with E-state index in [1.807, 2.05) is 0 Å². The van der Waals surface area contributed by atoms with Gasteiger partial charge in [0, 0.05) is 13.5 Å². The van der Waals surface area contributed by atoms with Crippen molar-refractivity contribution in [1.82, 2.24) is 14.4 Å². The van der Waals surface area contributed by atoms with Crippen LogP contribution in [0.15, 0.2) is 0 Å². The number of methoxy groups -OCH3 is 1. The fraction of sp³-hybridized carbons (Fsp3) is 1.00. The molecule has 2 aliphatic carbocycles. The SMILES string of the molecule is COCOC1CCC(O)C(n2n3n2C2CCCCC23)C1. The maximum atomic E-state index is 10.3. The minimum Gasteiger partial charge on any atom is -0.391 e. The van der Waals surface area contributed by atoms with Crippen LogP contribution in [0.5, 0.6) is 0 Å². The Morgan fingerprint density at radius 3 is 2.25 bits per heavy atom. The third kappa shape index (κ3) is 1.89. The van der Waals surface area contributed by atoms with Crippen LogP contribution in [0.25, 0.3) is 0 Å². The molecule has 0 radical (unpaired) electrons. The van der Waals surface area contributed by atoms with E-state index in [9.17, 15) is 5.11 Å². The topological polar surface area (TPSA) is 53.5 Å². The molecule has 1 aromatic heterocycles. The highest BCUT2D eigenvalue weighted by atomic mass is 16.7. The molecule has 6 nitrogen and oxygen atoms in total. The van der Waals surface area contributed by atoms with Crippen molar-refractivity contribution in [3.8, 4) is 0 Å². The molecule has 6 heteroatoms. The maximum absolute atomic E-state index is 10.3. The molecule has 4 rings (SSSR count). The minimum atomic E-state index is -0.231. The number of nitrogens with zero attached hydrogens (tertiary/aromatic N) is 3. The molecule has 5 unspecified atom stereocenters. The van der Waals surface area contributed by atoms with Crippen molar-refractivity contribution >= 4 is 0 Å². The van der Waals surface area contributed by atoms with Crippen molar-refractivity contribution in [1.29, 1.82) is 0 Å². The van der Waals surface area contributed by atoms with Crippen molar-refractivity contribution in [3.05, 3.63) is 0 Å². The first-order valence-corrected chi connectivity index (χ1v) is 7.97. The van der Waals surface area contributed by atoms with E-state index in [-0.39, 0.29) is 18.2 Å². The second-order valence-electron chi connectivity index (χ2n) is 6.52. The lowest BCUT2D eigenvalue weighted by Gasteiger charge is -2.32. The second-order valence-corrected chi connectivity index (χ2v) is 6.52. The number of aliphatic hydroxyl groups is 1. The summed E-state index contributed by atoms with van der Waals surface area (Å²) in [4.78, 5) is 7.06. The Morgan fingerprint density at radius 2 is 1.60 bits per heavy atom. The van der Waals surface area contributed by atoms with Gasteiger partial charge in [-0.2, -0.15) is 14.4 Å². The van der Waals surface area contributed by atoms with Gasteiger partial charge < -0.3 is 14.6 Å². The van der Waals surface area contributed by atoms with Gasteiger partial charge in [0.05, 0.1) is 30.3 Å². The molecular formula is C14H25N3O3. The quantitative estimate of drug-likeness (QED) is 0.858. The molecule has 3 aliphatic rings. The molecular weight excluding hydrogens is 258 g/mol. The van der Waals surface area contributed by atoms with E-state index in [4.69, 9.17) is 9.47 Å². The first-order chi connectivity index (χ1) is 9.81. The van der Waals surface area contributed by atoms with Gasteiger partial charge in [-0.05, 0) is 25.7 Å². The van der Waals surface area contributed by atoms with Crippen LogP contribution in [0, 0.1) is 0 Å². The van der Waals surface area contributed by atoms with Gasteiger partial charge in [0.1, 0.15) is 6.79 Å². The van der Waals surface area contributed by atoms with E-state index >= 15 is 0 Å². The molecule has 0 bridgehead atoms. The predicted octanol–water partition coefficient (Wildman–Crippen LogP) is 1.84. The summed E-state index contributed by atoms with van der Waals surface area (Å²) in [5, 5.41) is 10.3. The zero-order chi connectivity index (χ0) is 13.7. The zero-order valence-corrected chi connectivity index (χ0v) is 12.1. The first kappa shape index (κ1) is 13.0. The van der Waals surface area contributed by atoms with Gasteiger partial charge in [-0.3, -0.25) is 0 Å². The number of fused-ring (bicyclic) bond motifs is 4. The molecule has 1 aromatic rings. The molecule has 2 saturated carbocycles. The summed E-state index contributed by atoms with van der Waals surface area (Å²) in [6.07, 6.45) is 7.97. The van der Waals surface area contributed by atoms with Crippen molar-refractivity contribution in [3.63, 3.8) is 0 Å². The van der Waals surface area contributed by atoms with E-state index in [2.05, 4.69) is 14.4 Å². The number of aliphatic hydroxyl groups excluding tert-OH is 1. The molecule has 2 heterocycles. The van der Waals surface area contributed by atoms with Gasteiger partial charge in [0.25, 0.3) is 0 Å². The van der Waals surface area contributed by atoms with Crippen LogP contribution >= 0.6 is 0 Å². The Hall–Kier alpha value is -0.720. The average molecular weight is 283 g/mol. The normalized spacial score (nSPS) is 40.2. The Morgan fingerprint density at radius 1 is 0.950 bits per heavy atom. The Labute approximate surface area is 119 Å². The molecule has 114 valence electrons. The molecule has 0 saturated heterocycles. The summed E-state index contributed by atoms with van der Waals surface area (Å²) in [5.74, 6) is 0. The second kappa shape index (κ2) is 4.93. The number of hydrogen-bond acceptors (Lipinski definition) is 3. The molecule has 0 aromatic carbocycles. The highest BCUT2D eigenvalue weighted by Crippen LogP contribution is 2.51. The predicted molar refractivity (Wildman–Crippen MR) is 72.6 cm³/mol. The maximum Gasteiger partial charge on any atom is 0.146 e. The molecule has 1 N–H and O–H groups in total. The summed E-state index contributed by atoms with van der Waals surface area (Å²) in [5.41, 5.74) is 0. The Bertz CT molecular complexity index is 437. The van der Waals surface area contributed by atoms with E-state index < -0.39 is 0 Å². The van der Waals surface area contributed by atoms with Gasteiger partial charge >= 0.3 is 0 Å². The Kier molecular flexibility index (Phi) is 3.20. The third-order valence-corrected chi connectivity index (χ3v) is 5.34. The zero-order valence-electron chi connectivity index (χ0n) is 12.1. The average Bonchev–Trinajstić information content (AvgIpc) is 3.12. The lowest BCUT2D eigenvalue weighted by atomic mass is 9.89. The van der Waals surface area contributed by atoms with Gasteiger partial charge in [0.15, 0.2) is 0 Å². The monoisotopic (exact) mass is 283 g/mol. The van der Waals surface area contributed by atoms with Crippen LogP contribution in [-0.2, 0) is 9.47 Å². The largest absolute Gasteiger partial charge is 0.391 e. The minimum absolute atomic E-state index is 0.191.